The average molecular weight is 306 g/mol. The topological polar surface area (TPSA) is 72.0 Å². The van der Waals surface area contributed by atoms with E-state index < -0.39 is 10.0 Å². The largest absolute Gasteiger partial charge is 0.243 e. The van der Waals surface area contributed by atoms with Crippen LogP contribution in [0.4, 0.5) is 0 Å². The molecule has 19 heavy (non-hydrogen) atoms. The molecule has 0 saturated carbocycles. The second kappa shape index (κ2) is 8.45. The lowest BCUT2D eigenvalue weighted by molar-refractivity contribution is 0.567. The van der Waals surface area contributed by atoms with Crippen molar-refractivity contribution in [3.8, 4) is 0 Å². The van der Waals surface area contributed by atoms with Crippen molar-refractivity contribution in [1.29, 1.82) is 0 Å². The van der Waals surface area contributed by atoms with E-state index in [2.05, 4.69) is 21.6 Å². The molecule has 0 radical (unpaired) electrons. The van der Waals surface area contributed by atoms with Crippen molar-refractivity contribution in [2.24, 2.45) is 0 Å². The average Bonchev–Trinajstić information content (AvgIpc) is 2.38. The van der Waals surface area contributed by atoms with Gasteiger partial charge >= 0.3 is 0 Å². The zero-order valence-electron chi connectivity index (χ0n) is 11.1. The van der Waals surface area contributed by atoms with Gasteiger partial charge in [-0.1, -0.05) is 39.0 Å². The minimum atomic E-state index is -3.51. The van der Waals surface area contributed by atoms with Crippen LogP contribution in [-0.2, 0) is 10.0 Å². The van der Waals surface area contributed by atoms with E-state index >= 15 is 0 Å². The van der Waals surface area contributed by atoms with Gasteiger partial charge in [-0.2, -0.15) is 0 Å². The monoisotopic (exact) mass is 305 g/mol. The highest BCUT2D eigenvalue weighted by Gasteiger charge is 2.13. The SMILES string of the molecule is CCCCCCCCNS(=O)(=O)c1cnc(Cl)nc1. The van der Waals surface area contributed by atoms with E-state index in [-0.39, 0.29) is 10.2 Å². The number of hydrogen-bond acceptors (Lipinski definition) is 4. The van der Waals surface area contributed by atoms with Crippen LogP contribution in [0.2, 0.25) is 5.28 Å². The summed E-state index contributed by atoms with van der Waals surface area (Å²) in [6, 6.07) is 0. The van der Waals surface area contributed by atoms with Crippen molar-refractivity contribution >= 4 is 21.6 Å². The van der Waals surface area contributed by atoms with Gasteiger partial charge in [-0.3, -0.25) is 0 Å². The van der Waals surface area contributed by atoms with Gasteiger partial charge in [0.05, 0.1) is 12.4 Å². The Labute approximate surface area is 119 Å². The van der Waals surface area contributed by atoms with Gasteiger partial charge in [0.1, 0.15) is 4.90 Å². The minimum Gasteiger partial charge on any atom is -0.225 e. The molecule has 0 unspecified atom stereocenters. The molecule has 0 saturated heterocycles. The molecule has 0 aliphatic heterocycles. The predicted octanol–water partition coefficient (Wildman–Crippen LogP) is 2.77. The maximum Gasteiger partial charge on any atom is 0.243 e. The molecule has 5 nitrogen and oxygen atoms in total. The van der Waals surface area contributed by atoms with Crippen LogP contribution in [0.25, 0.3) is 0 Å². The fourth-order valence-corrected chi connectivity index (χ4v) is 2.69. The second-order valence-electron chi connectivity index (χ2n) is 4.35. The standard InChI is InChI=1S/C12H20ClN3O2S/c1-2-3-4-5-6-7-8-16-19(17,18)11-9-14-12(13)15-10-11/h9-10,16H,2-8H2,1H3. The number of nitrogens with zero attached hydrogens (tertiary/aromatic N) is 2. The Morgan fingerprint density at radius 1 is 1.11 bits per heavy atom. The van der Waals surface area contributed by atoms with Gasteiger partial charge in [0.25, 0.3) is 0 Å². The van der Waals surface area contributed by atoms with Gasteiger partial charge in [-0.15, -0.1) is 0 Å². The Morgan fingerprint density at radius 2 is 1.68 bits per heavy atom. The Bertz CT molecular complexity index is 462. The molecule has 108 valence electrons. The normalized spacial score (nSPS) is 11.7. The summed E-state index contributed by atoms with van der Waals surface area (Å²) in [5.74, 6) is 0. The molecule has 0 spiro atoms. The molecule has 1 aromatic heterocycles. The maximum atomic E-state index is 11.8. The third kappa shape index (κ3) is 6.31. The molecule has 0 aromatic carbocycles. The fourth-order valence-electron chi connectivity index (χ4n) is 1.63. The summed E-state index contributed by atoms with van der Waals surface area (Å²) in [4.78, 5) is 7.36. The van der Waals surface area contributed by atoms with Crippen LogP contribution in [0.15, 0.2) is 17.3 Å². The number of hydrogen-bond donors (Lipinski definition) is 1. The van der Waals surface area contributed by atoms with E-state index in [4.69, 9.17) is 11.6 Å². The number of nitrogens with one attached hydrogen (secondary N) is 1. The molecule has 0 bridgehead atoms. The summed E-state index contributed by atoms with van der Waals surface area (Å²) < 4.78 is 26.2. The number of rotatable bonds is 9. The lowest BCUT2D eigenvalue weighted by atomic mass is 10.1. The van der Waals surface area contributed by atoms with Crippen LogP contribution < -0.4 is 4.72 Å². The molecule has 0 atom stereocenters. The van der Waals surface area contributed by atoms with Crippen molar-refractivity contribution in [2.45, 2.75) is 50.3 Å². The van der Waals surface area contributed by atoms with E-state index in [0.717, 1.165) is 19.3 Å². The van der Waals surface area contributed by atoms with Crippen molar-refractivity contribution < 1.29 is 8.42 Å². The number of sulfonamides is 1. The molecule has 0 aliphatic carbocycles. The lowest BCUT2D eigenvalue weighted by Gasteiger charge is -2.06. The second-order valence-corrected chi connectivity index (χ2v) is 6.46. The first-order valence-electron chi connectivity index (χ1n) is 6.53. The van der Waals surface area contributed by atoms with Crippen LogP contribution in [0.5, 0.6) is 0 Å². The maximum absolute atomic E-state index is 11.8. The van der Waals surface area contributed by atoms with Gasteiger partial charge in [0.15, 0.2) is 0 Å². The molecular formula is C12H20ClN3O2S. The molecule has 1 N–H and O–H groups in total. The van der Waals surface area contributed by atoms with Gasteiger partial charge in [0, 0.05) is 6.54 Å². The first kappa shape index (κ1) is 16.3. The van der Waals surface area contributed by atoms with Gasteiger partial charge in [0.2, 0.25) is 15.3 Å². The van der Waals surface area contributed by atoms with E-state index in [1.165, 1.54) is 31.7 Å². The third-order valence-electron chi connectivity index (χ3n) is 2.73. The van der Waals surface area contributed by atoms with Crippen LogP contribution in [0.3, 0.4) is 0 Å². The predicted molar refractivity (Wildman–Crippen MR) is 75.6 cm³/mol. The van der Waals surface area contributed by atoms with E-state index in [1.807, 2.05) is 0 Å². The van der Waals surface area contributed by atoms with Gasteiger partial charge in [-0.05, 0) is 18.0 Å². The highest BCUT2D eigenvalue weighted by molar-refractivity contribution is 7.89. The number of unbranched alkanes of at least 4 members (excludes halogenated alkanes) is 5. The van der Waals surface area contributed by atoms with E-state index in [9.17, 15) is 8.42 Å². The first-order valence-corrected chi connectivity index (χ1v) is 8.39. The van der Waals surface area contributed by atoms with Crippen LogP contribution in [-0.4, -0.2) is 24.9 Å². The summed E-state index contributed by atoms with van der Waals surface area (Å²) in [5.41, 5.74) is 0. The van der Waals surface area contributed by atoms with Gasteiger partial charge < -0.3 is 0 Å². The Balaban J connectivity index is 2.29. The molecule has 1 rings (SSSR count). The van der Waals surface area contributed by atoms with Crippen molar-refractivity contribution in [1.82, 2.24) is 14.7 Å². The van der Waals surface area contributed by atoms with Crippen LogP contribution >= 0.6 is 11.6 Å². The molecule has 7 heteroatoms. The van der Waals surface area contributed by atoms with Crippen LogP contribution in [0, 0.1) is 0 Å². The molecule has 1 heterocycles. The quantitative estimate of drug-likeness (QED) is 0.562. The van der Waals surface area contributed by atoms with Crippen molar-refractivity contribution in [3.63, 3.8) is 0 Å². The highest BCUT2D eigenvalue weighted by Crippen LogP contribution is 2.08. The lowest BCUT2D eigenvalue weighted by Crippen LogP contribution is -2.25. The zero-order valence-corrected chi connectivity index (χ0v) is 12.7. The highest BCUT2D eigenvalue weighted by atomic mass is 35.5. The Morgan fingerprint density at radius 3 is 2.32 bits per heavy atom. The smallest absolute Gasteiger partial charge is 0.225 e. The summed E-state index contributed by atoms with van der Waals surface area (Å²) in [6.45, 7) is 2.61. The summed E-state index contributed by atoms with van der Waals surface area (Å²) >= 11 is 5.51. The number of aromatic nitrogens is 2. The summed E-state index contributed by atoms with van der Waals surface area (Å²) in [5, 5.41) is 0.0369. The number of halogens is 1. The van der Waals surface area contributed by atoms with E-state index in [0.29, 0.717) is 6.54 Å². The molecule has 0 amide bonds. The third-order valence-corrected chi connectivity index (χ3v) is 4.34. The Hall–Kier alpha value is -0.720. The van der Waals surface area contributed by atoms with Crippen molar-refractivity contribution in [3.05, 3.63) is 17.7 Å². The zero-order chi connectivity index (χ0) is 14.1. The molecular weight excluding hydrogens is 286 g/mol. The summed E-state index contributed by atoms with van der Waals surface area (Å²) in [6.07, 6.45) is 9.12. The molecule has 0 aliphatic rings. The minimum absolute atomic E-state index is 0.0369. The van der Waals surface area contributed by atoms with Crippen LogP contribution in [0.1, 0.15) is 45.4 Å². The van der Waals surface area contributed by atoms with Gasteiger partial charge in [-0.25, -0.2) is 23.1 Å². The van der Waals surface area contributed by atoms with Crippen molar-refractivity contribution in [2.75, 3.05) is 6.54 Å². The first-order chi connectivity index (χ1) is 9.06. The van der Waals surface area contributed by atoms with E-state index in [1.54, 1.807) is 0 Å². The summed E-state index contributed by atoms with van der Waals surface area (Å²) in [7, 11) is -3.51. The Kier molecular flexibility index (Phi) is 7.27. The molecule has 0 fully saturated rings. The fraction of sp³-hybridized carbons (Fsp3) is 0.667. The molecule has 1 aromatic rings.